The fourth-order valence-corrected chi connectivity index (χ4v) is 2.53. The van der Waals surface area contributed by atoms with E-state index in [4.69, 9.17) is 4.74 Å². The third-order valence-corrected chi connectivity index (χ3v) is 3.50. The van der Waals surface area contributed by atoms with Crippen molar-refractivity contribution in [2.75, 3.05) is 5.32 Å². The van der Waals surface area contributed by atoms with Crippen LogP contribution in [-0.4, -0.2) is 18.2 Å². The molecule has 1 aliphatic rings. The monoisotopic (exact) mass is 294 g/mol. The third-order valence-electron chi connectivity index (χ3n) is 3.50. The van der Waals surface area contributed by atoms with Crippen LogP contribution >= 0.6 is 0 Å². The zero-order chi connectivity index (χ0) is 15.2. The zero-order valence-corrected chi connectivity index (χ0v) is 12.6. The van der Waals surface area contributed by atoms with Gasteiger partial charge in [-0.15, -0.1) is 0 Å². The van der Waals surface area contributed by atoms with Gasteiger partial charge in [0.2, 0.25) is 0 Å². The Morgan fingerprint density at radius 2 is 2.00 bits per heavy atom. The molecule has 0 spiro atoms. The molecule has 0 unspecified atom stereocenters. The maximum absolute atomic E-state index is 13.9. The highest BCUT2D eigenvalue weighted by molar-refractivity contribution is 5.89. The lowest BCUT2D eigenvalue weighted by atomic mass is 9.96. The van der Waals surface area contributed by atoms with Crippen molar-refractivity contribution in [1.82, 2.24) is 5.32 Å². The molecule has 0 aliphatic heterocycles. The maximum Gasteiger partial charge on any atom is 0.319 e. The second kappa shape index (κ2) is 7.29. The van der Waals surface area contributed by atoms with Gasteiger partial charge >= 0.3 is 6.03 Å². The number of carbonyl (C=O) groups excluding carboxylic acids is 1. The molecule has 2 N–H and O–H groups in total. The summed E-state index contributed by atoms with van der Waals surface area (Å²) in [6, 6.07) is 4.31. The summed E-state index contributed by atoms with van der Waals surface area (Å²) in [4.78, 5) is 11.9. The van der Waals surface area contributed by atoms with Crippen molar-refractivity contribution in [3.05, 3.63) is 24.0 Å². The Labute approximate surface area is 125 Å². The van der Waals surface area contributed by atoms with Crippen molar-refractivity contribution in [3.8, 4) is 5.75 Å². The highest BCUT2D eigenvalue weighted by Gasteiger charge is 2.16. The van der Waals surface area contributed by atoms with E-state index >= 15 is 0 Å². The molecule has 4 nitrogen and oxygen atoms in total. The van der Waals surface area contributed by atoms with Crippen molar-refractivity contribution in [2.45, 2.75) is 58.1 Å². The van der Waals surface area contributed by atoms with Gasteiger partial charge in [0.05, 0.1) is 11.8 Å². The average Bonchev–Trinajstić information content (AvgIpc) is 2.42. The van der Waals surface area contributed by atoms with Gasteiger partial charge in [-0.3, -0.25) is 0 Å². The summed E-state index contributed by atoms with van der Waals surface area (Å²) in [5.41, 5.74) is 0.166. The normalized spacial score (nSPS) is 15.8. The van der Waals surface area contributed by atoms with Crippen molar-refractivity contribution >= 4 is 11.7 Å². The molecule has 2 rings (SSSR count). The predicted octanol–water partition coefficient (Wildman–Crippen LogP) is 4.07. The van der Waals surface area contributed by atoms with E-state index in [-0.39, 0.29) is 23.9 Å². The van der Waals surface area contributed by atoms with Gasteiger partial charge in [0.1, 0.15) is 11.6 Å². The topological polar surface area (TPSA) is 50.4 Å². The molecular formula is C16H23FN2O2. The number of hydrogen-bond acceptors (Lipinski definition) is 2. The minimum absolute atomic E-state index is 0.0159. The molecule has 0 radical (unpaired) electrons. The number of carbonyl (C=O) groups is 1. The Hall–Kier alpha value is -1.78. The molecular weight excluding hydrogens is 271 g/mol. The molecule has 0 bridgehead atoms. The van der Waals surface area contributed by atoms with Gasteiger partial charge in [-0.1, -0.05) is 19.3 Å². The quantitative estimate of drug-likeness (QED) is 0.879. The molecule has 116 valence electrons. The number of halogens is 1. The predicted molar refractivity (Wildman–Crippen MR) is 81.2 cm³/mol. The van der Waals surface area contributed by atoms with E-state index in [1.807, 2.05) is 13.8 Å². The number of amides is 2. The number of anilines is 1. The van der Waals surface area contributed by atoms with E-state index < -0.39 is 5.82 Å². The minimum Gasteiger partial charge on any atom is -0.491 e. The van der Waals surface area contributed by atoms with Gasteiger partial charge in [0.25, 0.3) is 0 Å². The van der Waals surface area contributed by atoms with Crippen LogP contribution in [0.1, 0.15) is 46.0 Å². The highest BCUT2D eigenvalue weighted by atomic mass is 19.1. The molecule has 2 amide bonds. The van der Waals surface area contributed by atoms with Crippen LogP contribution in [-0.2, 0) is 0 Å². The first kappa shape index (κ1) is 15.6. The minimum atomic E-state index is -0.494. The van der Waals surface area contributed by atoms with E-state index in [0.29, 0.717) is 5.75 Å². The van der Waals surface area contributed by atoms with Crippen LogP contribution in [0.5, 0.6) is 5.75 Å². The average molecular weight is 294 g/mol. The number of hydrogen-bond donors (Lipinski definition) is 2. The van der Waals surface area contributed by atoms with E-state index in [1.54, 1.807) is 6.07 Å². The van der Waals surface area contributed by atoms with Crippen molar-refractivity contribution in [2.24, 2.45) is 0 Å². The number of benzene rings is 1. The first-order valence-corrected chi connectivity index (χ1v) is 7.58. The Morgan fingerprint density at radius 3 is 2.62 bits per heavy atom. The Bertz CT molecular complexity index is 485. The summed E-state index contributed by atoms with van der Waals surface area (Å²) >= 11 is 0. The Morgan fingerprint density at radius 1 is 1.29 bits per heavy atom. The van der Waals surface area contributed by atoms with Crippen LogP contribution < -0.4 is 15.4 Å². The van der Waals surface area contributed by atoms with Crippen LogP contribution in [0.25, 0.3) is 0 Å². The fraction of sp³-hybridized carbons (Fsp3) is 0.562. The van der Waals surface area contributed by atoms with Crippen molar-refractivity contribution in [3.63, 3.8) is 0 Å². The molecule has 0 heterocycles. The summed E-state index contributed by atoms with van der Waals surface area (Å²) in [5.74, 6) is -0.0346. The Balaban J connectivity index is 1.90. The van der Waals surface area contributed by atoms with Gasteiger partial charge in [-0.2, -0.15) is 0 Å². The van der Waals surface area contributed by atoms with Gasteiger partial charge in [-0.25, -0.2) is 9.18 Å². The van der Waals surface area contributed by atoms with Gasteiger partial charge in [0.15, 0.2) is 0 Å². The van der Waals surface area contributed by atoms with Crippen LogP contribution in [0.15, 0.2) is 18.2 Å². The van der Waals surface area contributed by atoms with E-state index in [2.05, 4.69) is 10.6 Å². The maximum atomic E-state index is 13.9. The lowest BCUT2D eigenvalue weighted by molar-refractivity contribution is 0.240. The van der Waals surface area contributed by atoms with Gasteiger partial charge in [-0.05, 0) is 38.8 Å². The molecule has 5 heteroatoms. The molecule has 1 aromatic rings. The SMILES string of the molecule is CC(C)Oc1ccc(NC(=O)NC2CCCCC2)c(F)c1. The fourth-order valence-electron chi connectivity index (χ4n) is 2.53. The number of urea groups is 1. The molecule has 21 heavy (non-hydrogen) atoms. The van der Waals surface area contributed by atoms with Crippen molar-refractivity contribution in [1.29, 1.82) is 0 Å². The second-order valence-corrected chi connectivity index (χ2v) is 5.74. The standard InChI is InChI=1S/C16H23FN2O2/c1-11(2)21-13-8-9-15(14(17)10-13)19-16(20)18-12-6-4-3-5-7-12/h8-12H,3-7H2,1-2H3,(H2,18,19,20). The summed E-state index contributed by atoms with van der Waals surface area (Å²) in [5, 5.41) is 5.45. The van der Waals surface area contributed by atoms with Crippen LogP contribution in [0.2, 0.25) is 0 Å². The third kappa shape index (κ3) is 4.92. The summed E-state index contributed by atoms with van der Waals surface area (Å²) < 4.78 is 19.3. The van der Waals surface area contributed by atoms with Crippen molar-refractivity contribution < 1.29 is 13.9 Å². The van der Waals surface area contributed by atoms with E-state index in [1.165, 1.54) is 18.6 Å². The first-order chi connectivity index (χ1) is 10.0. The molecule has 1 fully saturated rings. The molecule has 1 saturated carbocycles. The first-order valence-electron chi connectivity index (χ1n) is 7.58. The lowest BCUT2D eigenvalue weighted by Gasteiger charge is -2.23. The second-order valence-electron chi connectivity index (χ2n) is 5.74. The smallest absolute Gasteiger partial charge is 0.319 e. The molecule has 1 aromatic carbocycles. The zero-order valence-electron chi connectivity index (χ0n) is 12.6. The number of nitrogens with one attached hydrogen (secondary N) is 2. The summed E-state index contributed by atoms with van der Waals surface area (Å²) in [7, 11) is 0. The summed E-state index contributed by atoms with van der Waals surface area (Å²) in [6.07, 6.45) is 5.49. The van der Waals surface area contributed by atoms with E-state index in [9.17, 15) is 9.18 Å². The number of rotatable bonds is 4. The lowest BCUT2D eigenvalue weighted by Crippen LogP contribution is -2.39. The van der Waals surface area contributed by atoms with Crippen LogP contribution in [0, 0.1) is 5.82 Å². The summed E-state index contributed by atoms with van der Waals surface area (Å²) in [6.45, 7) is 3.75. The van der Waals surface area contributed by atoms with E-state index in [0.717, 1.165) is 25.7 Å². The van der Waals surface area contributed by atoms with Crippen LogP contribution in [0.4, 0.5) is 14.9 Å². The molecule has 1 aliphatic carbocycles. The molecule has 0 aromatic heterocycles. The largest absolute Gasteiger partial charge is 0.491 e. The van der Waals surface area contributed by atoms with Gasteiger partial charge < -0.3 is 15.4 Å². The van der Waals surface area contributed by atoms with Crippen LogP contribution in [0.3, 0.4) is 0 Å². The molecule has 0 saturated heterocycles. The Kier molecular flexibility index (Phi) is 5.42. The van der Waals surface area contributed by atoms with Gasteiger partial charge in [0, 0.05) is 12.1 Å². The highest BCUT2D eigenvalue weighted by Crippen LogP contribution is 2.22. The molecule has 0 atom stereocenters. The number of ether oxygens (including phenoxy) is 1.